The molecule has 0 aromatic heterocycles. The summed E-state index contributed by atoms with van der Waals surface area (Å²) in [5, 5.41) is 8.74. The monoisotopic (exact) mass is 303 g/mol. The summed E-state index contributed by atoms with van der Waals surface area (Å²) in [6, 6.07) is 7.64. The first-order valence-corrected chi connectivity index (χ1v) is 7.24. The zero-order valence-corrected chi connectivity index (χ0v) is 13.1. The van der Waals surface area contributed by atoms with Crippen molar-refractivity contribution in [1.29, 1.82) is 0 Å². The zero-order chi connectivity index (χ0) is 16.3. The van der Waals surface area contributed by atoms with Gasteiger partial charge in [0.25, 0.3) is 0 Å². The second-order valence-electron chi connectivity index (χ2n) is 6.38. The summed E-state index contributed by atoms with van der Waals surface area (Å²) in [6.07, 6.45) is 2.42. The third-order valence-electron chi connectivity index (χ3n) is 3.37. The largest absolute Gasteiger partial charge is 0.478 e. The Balaban J connectivity index is 2.02. The van der Waals surface area contributed by atoms with E-state index in [4.69, 9.17) is 9.84 Å². The second-order valence-corrected chi connectivity index (χ2v) is 6.38. The van der Waals surface area contributed by atoms with Crippen molar-refractivity contribution in [2.75, 3.05) is 13.1 Å². The van der Waals surface area contributed by atoms with Crippen LogP contribution in [0.3, 0.4) is 0 Å². The lowest BCUT2D eigenvalue weighted by Crippen LogP contribution is -2.50. The van der Waals surface area contributed by atoms with Gasteiger partial charge in [0.2, 0.25) is 0 Å². The van der Waals surface area contributed by atoms with Crippen molar-refractivity contribution >= 4 is 18.1 Å². The van der Waals surface area contributed by atoms with Gasteiger partial charge in [-0.25, -0.2) is 9.59 Å². The second kappa shape index (κ2) is 6.22. The minimum Gasteiger partial charge on any atom is -0.478 e. The quantitative estimate of drug-likeness (QED) is 0.871. The molecule has 22 heavy (non-hydrogen) atoms. The van der Waals surface area contributed by atoms with Gasteiger partial charge in [0.15, 0.2) is 0 Å². The van der Waals surface area contributed by atoms with Crippen LogP contribution in [0.1, 0.15) is 37.8 Å². The van der Waals surface area contributed by atoms with Crippen LogP contribution < -0.4 is 0 Å². The molecule has 0 spiro atoms. The lowest BCUT2D eigenvalue weighted by atomic mass is 9.88. The van der Waals surface area contributed by atoms with E-state index >= 15 is 0 Å². The normalized spacial score (nSPS) is 15.7. The molecule has 1 aromatic carbocycles. The molecule has 0 saturated carbocycles. The van der Waals surface area contributed by atoms with Crippen molar-refractivity contribution in [3.05, 3.63) is 41.5 Å². The Kier molecular flexibility index (Phi) is 4.54. The predicted octanol–water partition coefficient (Wildman–Crippen LogP) is 3.12. The van der Waals surface area contributed by atoms with Crippen molar-refractivity contribution in [3.8, 4) is 0 Å². The number of likely N-dealkylation sites (tertiary alicyclic amines) is 1. The molecule has 118 valence electrons. The summed E-state index contributed by atoms with van der Waals surface area (Å²) in [7, 11) is 0. The number of carboxylic acid groups (broad SMARTS) is 1. The van der Waals surface area contributed by atoms with Crippen LogP contribution in [0.15, 0.2) is 30.3 Å². The Morgan fingerprint density at radius 1 is 1.27 bits per heavy atom. The number of amides is 1. The van der Waals surface area contributed by atoms with Crippen LogP contribution in [0.5, 0.6) is 0 Å². The minimum absolute atomic E-state index is 0.210. The number of benzene rings is 1. The Morgan fingerprint density at radius 2 is 1.91 bits per heavy atom. The van der Waals surface area contributed by atoms with E-state index in [2.05, 4.69) is 0 Å². The molecule has 1 fully saturated rings. The fourth-order valence-electron chi connectivity index (χ4n) is 2.35. The molecule has 5 heteroatoms. The molecule has 5 nitrogen and oxygen atoms in total. The Labute approximate surface area is 130 Å². The van der Waals surface area contributed by atoms with Crippen molar-refractivity contribution in [2.45, 2.75) is 32.3 Å². The number of hydrogen-bond acceptors (Lipinski definition) is 3. The van der Waals surface area contributed by atoms with E-state index in [-0.39, 0.29) is 12.0 Å². The minimum atomic E-state index is -0.973. The SMILES string of the molecule is CC(C)(C)OC(=O)N1CC(c2ccccc2/C=C/C(=O)O)C1. The lowest BCUT2D eigenvalue weighted by molar-refractivity contribution is -0.131. The summed E-state index contributed by atoms with van der Waals surface area (Å²) in [5.41, 5.74) is 1.43. The van der Waals surface area contributed by atoms with Gasteiger partial charge in [-0.05, 0) is 38.0 Å². The van der Waals surface area contributed by atoms with E-state index in [0.717, 1.165) is 17.2 Å². The third-order valence-corrected chi connectivity index (χ3v) is 3.37. The van der Waals surface area contributed by atoms with E-state index in [0.29, 0.717) is 13.1 Å². The highest BCUT2D eigenvalue weighted by molar-refractivity contribution is 5.85. The van der Waals surface area contributed by atoms with Gasteiger partial charge in [-0.15, -0.1) is 0 Å². The highest BCUT2D eigenvalue weighted by Gasteiger charge is 2.35. The van der Waals surface area contributed by atoms with E-state index in [1.54, 1.807) is 11.0 Å². The smallest absolute Gasteiger partial charge is 0.410 e. The molecule has 0 radical (unpaired) electrons. The standard InChI is InChI=1S/C17H21NO4/c1-17(2,3)22-16(21)18-10-13(11-18)14-7-5-4-6-12(14)8-9-15(19)20/h4-9,13H,10-11H2,1-3H3,(H,19,20)/b9-8+. The van der Waals surface area contributed by atoms with Gasteiger partial charge in [0, 0.05) is 25.1 Å². The highest BCUT2D eigenvalue weighted by Crippen LogP contribution is 2.31. The molecule has 0 aliphatic carbocycles. The van der Waals surface area contributed by atoms with Gasteiger partial charge < -0.3 is 14.7 Å². The molecule has 0 bridgehead atoms. The van der Waals surface area contributed by atoms with E-state index in [1.807, 2.05) is 45.0 Å². The molecule has 0 unspecified atom stereocenters. The molecule has 2 rings (SSSR count). The number of nitrogens with zero attached hydrogens (tertiary/aromatic N) is 1. The van der Waals surface area contributed by atoms with Crippen LogP contribution in [-0.2, 0) is 9.53 Å². The zero-order valence-electron chi connectivity index (χ0n) is 13.1. The van der Waals surface area contributed by atoms with Crippen LogP contribution in [0.2, 0.25) is 0 Å². The maximum absolute atomic E-state index is 11.9. The number of carboxylic acids is 1. The van der Waals surface area contributed by atoms with Crippen molar-refractivity contribution in [1.82, 2.24) is 4.90 Å². The Hall–Kier alpha value is -2.30. The average molecular weight is 303 g/mol. The van der Waals surface area contributed by atoms with Gasteiger partial charge in [-0.2, -0.15) is 0 Å². The molecule has 1 aromatic rings. The van der Waals surface area contributed by atoms with Gasteiger partial charge in [-0.3, -0.25) is 0 Å². The lowest BCUT2D eigenvalue weighted by Gasteiger charge is -2.40. The summed E-state index contributed by atoms with van der Waals surface area (Å²) >= 11 is 0. The molecule has 1 aliphatic rings. The fourth-order valence-corrected chi connectivity index (χ4v) is 2.35. The first-order chi connectivity index (χ1) is 10.3. The van der Waals surface area contributed by atoms with Crippen LogP contribution >= 0.6 is 0 Å². The van der Waals surface area contributed by atoms with Crippen molar-refractivity contribution in [3.63, 3.8) is 0 Å². The van der Waals surface area contributed by atoms with Gasteiger partial charge in [0.05, 0.1) is 0 Å². The van der Waals surface area contributed by atoms with Gasteiger partial charge >= 0.3 is 12.1 Å². The molecular weight excluding hydrogens is 282 g/mol. The molecule has 1 saturated heterocycles. The Bertz CT molecular complexity index is 595. The van der Waals surface area contributed by atoms with Gasteiger partial charge in [0.1, 0.15) is 5.60 Å². The molecule has 1 amide bonds. The molecular formula is C17H21NO4. The number of carbonyl (C=O) groups excluding carboxylic acids is 1. The molecule has 1 N–H and O–H groups in total. The predicted molar refractivity (Wildman–Crippen MR) is 83.7 cm³/mol. The van der Waals surface area contributed by atoms with Crippen molar-refractivity contribution in [2.24, 2.45) is 0 Å². The molecule has 1 aliphatic heterocycles. The maximum atomic E-state index is 11.9. The van der Waals surface area contributed by atoms with E-state index in [1.165, 1.54) is 0 Å². The van der Waals surface area contributed by atoms with Crippen LogP contribution in [-0.4, -0.2) is 40.8 Å². The summed E-state index contributed by atoms with van der Waals surface area (Å²) in [4.78, 5) is 24.2. The topological polar surface area (TPSA) is 66.8 Å². The summed E-state index contributed by atoms with van der Waals surface area (Å²) in [6.45, 7) is 6.70. The van der Waals surface area contributed by atoms with Crippen LogP contribution in [0.4, 0.5) is 4.79 Å². The summed E-state index contributed by atoms with van der Waals surface area (Å²) in [5.74, 6) is -0.763. The molecule has 0 atom stereocenters. The number of rotatable bonds is 3. The van der Waals surface area contributed by atoms with E-state index < -0.39 is 11.6 Å². The molecule has 1 heterocycles. The van der Waals surface area contributed by atoms with E-state index in [9.17, 15) is 9.59 Å². The van der Waals surface area contributed by atoms with Crippen molar-refractivity contribution < 1.29 is 19.4 Å². The number of ether oxygens (including phenoxy) is 1. The highest BCUT2D eigenvalue weighted by atomic mass is 16.6. The fraction of sp³-hybridized carbons (Fsp3) is 0.412. The average Bonchev–Trinajstić information content (AvgIpc) is 2.33. The third kappa shape index (κ3) is 4.10. The first kappa shape index (κ1) is 16.1. The number of hydrogen-bond donors (Lipinski definition) is 1. The maximum Gasteiger partial charge on any atom is 0.410 e. The number of carbonyl (C=O) groups is 2. The van der Waals surface area contributed by atoms with Crippen LogP contribution in [0, 0.1) is 0 Å². The number of aliphatic carboxylic acids is 1. The Morgan fingerprint density at radius 3 is 2.50 bits per heavy atom. The summed E-state index contributed by atoms with van der Waals surface area (Å²) < 4.78 is 5.33. The first-order valence-electron chi connectivity index (χ1n) is 7.24. The van der Waals surface area contributed by atoms with Gasteiger partial charge in [-0.1, -0.05) is 24.3 Å². The van der Waals surface area contributed by atoms with Crippen LogP contribution in [0.25, 0.3) is 6.08 Å².